The first-order valence-electron chi connectivity index (χ1n) is 33.9. The normalized spacial score (nSPS) is 16.3. The van der Waals surface area contributed by atoms with E-state index in [1.165, 1.54) is 57.4 Å². The zero-order valence-corrected chi connectivity index (χ0v) is 61.5. The molecule has 2 atom stereocenters. The van der Waals surface area contributed by atoms with Gasteiger partial charge in [0.15, 0.2) is 12.5 Å². The lowest BCUT2D eigenvalue weighted by atomic mass is 10.0. The van der Waals surface area contributed by atoms with E-state index in [1.807, 2.05) is 128 Å². The number of Topliss-reactive ketones (excluding diaryl/α,β-unsaturated/α-hetero) is 1. The predicted octanol–water partition coefficient (Wildman–Crippen LogP) is 16.0. The lowest BCUT2D eigenvalue weighted by molar-refractivity contribution is -0.121. The van der Waals surface area contributed by atoms with Crippen molar-refractivity contribution in [3.8, 4) is 23.0 Å². The number of nitrogens with zero attached hydrogens (tertiary/aromatic N) is 6. The number of piperidine rings is 4. The van der Waals surface area contributed by atoms with Crippen molar-refractivity contribution in [1.29, 1.82) is 0 Å². The summed E-state index contributed by atoms with van der Waals surface area (Å²) in [5, 5.41) is 29.4. The highest BCUT2D eigenvalue weighted by atomic mass is 35.5. The number of anilines is 4. The number of nitrogen functional groups attached to an aromatic ring is 1. The number of rotatable bonds is 15. The van der Waals surface area contributed by atoms with Crippen molar-refractivity contribution in [2.75, 3.05) is 130 Å². The van der Waals surface area contributed by atoms with Gasteiger partial charge in [-0.15, -0.1) is 34.0 Å². The molecule has 4 fully saturated rings. The Hall–Kier alpha value is -7.79. The molecule has 0 amide bonds. The van der Waals surface area contributed by atoms with Gasteiger partial charge in [0.25, 0.3) is 5.24 Å². The molecule has 14 rings (SSSR count). The molecule has 3 aromatic heterocycles. The summed E-state index contributed by atoms with van der Waals surface area (Å²) in [6, 6.07) is 63.2. The largest absolute Gasteiger partial charge is 0.497 e. The van der Waals surface area contributed by atoms with E-state index in [4.69, 9.17) is 36.3 Å². The van der Waals surface area contributed by atoms with Gasteiger partial charge in [-0.25, -0.2) is 0 Å². The SMILES string of the molecule is CN1CCC(=O)CC1.COc1cccc(N(C2CCN(C)CC2)C(O)c2cc3ccccc3s2)c1.COc1cccc(N(C2CCN(C)CC2)C(O)c2cc3ccccc3s2)c1.COc1cccc(N)c1.COc1cccc(NC2CCN(C)CC2)c1.O=C(Cl)c1cc2ccccc2s1. The van der Waals surface area contributed by atoms with Crippen molar-refractivity contribution >= 4 is 110 Å². The molecule has 5 N–H and O–H groups in total. The van der Waals surface area contributed by atoms with Gasteiger partial charge in [0.1, 0.15) is 28.8 Å². The number of hydrogen-bond acceptors (Lipinski definition) is 19. The van der Waals surface area contributed by atoms with Crippen LogP contribution in [-0.4, -0.2) is 168 Å². The van der Waals surface area contributed by atoms with Crippen LogP contribution >= 0.6 is 45.6 Å². The number of ether oxygens (including phenoxy) is 4. The van der Waals surface area contributed by atoms with Crippen LogP contribution in [0, 0.1) is 0 Å². The second-order valence-corrected chi connectivity index (χ2v) is 29.1. The van der Waals surface area contributed by atoms with Crippen molar-refractivity contribution in [1.82, 2.24) is 19.6 Å². The lowest BCUT2D eigenvalue weighted by Crippen LogP contribution is -2.45. The molecule has 7 heterocycles. The van der Waals surface area contributed by atoms with Crippen LogP contribution in [0.25, 0.3) is 30.3 Å². The maximum Gasteiger partial charge on any atom is 0.262 e. The topological polar surface area (TPSA) is 169 Å². The average Bonchev–Trinajstić information content (AvgIpc) is 1.71. The number of likely N-dealkylation sites (tertiary alicyclic amines) is 4. The van der Waals surface area contributed by atoms with E-state index in [-0.39, 0.29) is 5.24 Å². The minimum atomic E-state index is -0.664. The molecule has 0 radical (unpaired) electrons. The van der Waals surface area contributed by atoms with Crippen molar-refractivity contribution in [3.05, 3.63) is 203 Å². The first kappa shape index (κ1) is 75.4. The van der Waals surface area contributed by atoms with E-state index in [1.54, 1.807) is 57.2 Å². The van der Waals surface area contributed by atoms with Gasteiger partial charge in [-0.2, -0.15) is 0 Å². The van der Waals surface area contributed by atoms with Gasteiger partial charge < -0.3 is 69.6 Å². The molecular formula is C79H97ClN8O8S3. The Morgan fingerprint density at radius 2 is 0.848 bits per heavy atom. The predicted molar refractivity (Wildman–Crippen MR) is 414 cm³/mol. The molecule has 4 aliphatic rings. The molecule has 0 spiro atoms. The number of benzene rings is 7. The minimum Gasteiger partial charge on any atom is -0.497 e. The monoisotopic (exact) mass is 1420 g/mol. The van der Waals surface area contributed by atoms with E-state index >= 15 is 0 Å². The molecule has 10 aromatic rings. The molecule has 20 heteroatoms. The van der Waals surface area contributed by atoms with Crippen molar-refractivity contribution < 1.29 is 38.7 Å². The van der Waals surface area contributed by atoms with Gasteiger partial charge in [-0.1, -0.05) is 78.9 Å². The van der Waals surface area contributed by atoms with E-state index < -0.39 is 12.5 Å². The number of methoxy groups -OCH3 is 4. The second-order valence-electron chi connectivity index (χ2n) is 25.4. The first-order chi connectivity index (χ1) is 48.0. The standard InChI is InChI=1S/2C22H26N2O2S.C13H20N2O.C9H5ClOS.C7H9NO.C6H11NO/c2*1-23-12-10-17(11-13-23)24(18-7-5-8-19(15-18)26-2)22(25)21-14-16-6-3-4-9-20(16)27-21;1-15-8-6-11(7-9-15)14-12-4-3-5-13(10-12)16-2;10-9(11)8-5-6-3-1-2-4-7(6)12-8;1-9-7-4-2-3-6(8)5-7;1-7-4-2-6(8)3-5-7/h2*3-9,14-15,17,22,25H,10-13H2,1-2H3;3-5,10-11,14H,6-9H2,1-2H3;1-5H;2-5H,8H2,1H3;2-5H2,1H3. The van der Waals surface area contributed by atoms with Gasteiger partial charge in [-0.3, -0.25) is 9.59 Å². The number of ketones is 1. The number of nitrogens with one attached hydrogen (secondary N) is 1. The highest BCUT2D eigenvalue weighted by molar-refractivity contribution is 7.22. The lowest BCUT2D eigenvalue weighted by Gasteiger charge is -2.41. The minimum absolute atomic E-state index is 0.300. The molecule has 4 saturated heterocycles. The Morgan fingerprint density at radius 3 is 1.24 bits per heavy atom. The number of aliphatic hydroxyl groups excluding tert-OH is 2. The molecule has 0 saturated carbocycles. The number of hydrogen-bond donors (Lipinski definition) is 4. The molecule has 526 valence electrons. The van der Waals surface area contributed by atoms with Gasteiger partial charge in [0.05, 0.1) is 43.1 Å². The highest BCUT2D eigenvalue weighted by Crippen LogP contribution is 2.40. The Morgan fingerprint density at radius 1 is 0.475 bits per heavy atom. The molecule has 99 heavy (non-hydrogen) atoms. The van der Waals surface area contributed by atoms with E-state index in [0.29, 0.717) is 28.8 Å². The third-order valence-electron chi connectivity index (χ3n) is 18.2. The third kappa shape index (κ3) is 22.4. The number of aliphatic hydroxyl groups is 2. The van der Waals surface area contributed by atoms with Crippen LogP contribution in [0.15, 0.2) is 188 Å². The Labute approximate surface area is 601 Å². The summed E-state index contributed by atoms with van der Waals surface area (Å²) in [6.07, 6.45) is 6.77. The maximum atomic E-state index is 11.4. The van der Waals surface area contributed by atoms with Crippen molar-refractivity contribution in [3.63, 3.8) is 0 Å². The molecule has 2 unspecified atom stereocenters. The fourth-order valence-electron chi connectivity index (χ4n) is 12.4. The van der Waals surface area contributed by atoms with Gasteiger partial charge in [-0.05, 0) is 219 Å². The Bertz CT molecular complexity index is 3850. The molecule has 7 aromatic carbocycles. The molecule has 4 aliphatic heterocycles. The zero-order chi connectivity index (χ0) is 70.2. The average molecular weight is 1420 g/mol. The van der Waals surface area contributed by atoms with E-state index in [9.17, 15) is 19.8 Å². The van der Waals surface area contributed by atoms with Gasteiger partial charge in [0.2, 0.25) is 0 Å². The summed E-state index contributed by atoms with van der Waals surface area (Å²) >= 11 is 10.1. The molecular weight excluding hydrogens is 1320 g/mol. The summed E-state index contributed by atoms with van der Waals surface area (Å²) in [6.45, 7) is 8.46. The number of fused-ring (bicyclic) bond motifs is 3. The zero-order valence-electron chi connectivity index (χ0n) is 58.3. The summed E-state index contributed by atoms with van der Waals surface area (Å²) in [7, 11) is 15.2. The summed E-state index contributed by atoms with van der Waals surface area (Å²) in [5.74, 6) is 3.76. The van der Waals surface area contributed by atoms with Crippen LogP contribution in [0.5, 0.6) is 23.0 Å². The van der Waals surface area contributed by atoms with Gasteiger partial charge >= 0.3 is 0 Å². The quantitative estimate of drug-likeness (QED) is 0.0434. The third-order valence-corrected chi connectivity index (χ3v) is 22.0. The van der Waals surface area contributed by atoms with Crippen LogP contribution in [0.3, 0.4) is 0 Å². The van der Waals surface area contributed by atoms with Crippen LogP contribution in [-0.2, 0) is 4.79 Å². The molecule has 0 bridgehead atoms. The summed E-state index contributed by atoms with van der Waals surface area (Å²) in [5.41, 5.74) is 9.36. The second kappa shape index (κ2) is 38.1. The Balaban J connectivity index is 0.000000147. The maximum absolute atomic E-state index is 11.4. The highest BCUT2D eigenvalue weighted by Gasteiger charge is 2.32. The molecule has 16 nitrogen and oxygen atoms in total. The van der Waals surface area contributed by atoms with Crippen molar-refractivity contribution in [2.24, 2.45) is 0 Å². The van der Waals surface area contributed by atoms with Gasteiger partial charge in [0, 0.05) is 105 Å². The molecule has 0 aliphatic carbocycles. The first-order valence-corrected chi connectivity index (χ1v) is 36.7. The summed E-state index contributed by atoms with van der Waals surface area (Å²) in [4.78, 5) is 37.6. The number of carbonyl (C=O) groups excluding carboxylic acids is 2. The van der Waals surface area contributed by atoms with Crippen LogP contribution in [0.4, 0.5) is 22.7 Å². The van der Waals surface area contributed by atoms with Crippen LogP contribution < -0.4 is 39.8 Å². The fourth-order valence-corrected chi connectivity index (χ4v) is 15.6. The van der Waals surface area contributed by atoms with E-state index in [0.717, 1.165) is 143 Å². The smallest absolute Gasteiger partial charge is 0.262 e. The summed E-state index contributed by atoms with van der Waals surface area (Å²) < 4.78 is 24.5. The van der Waals surface area contributed by atoms with E-state index in [2.05, 4.69) is 117 Å². The number of thiophene rings is 3. The number of carbonyl (C=O) groups is 2. The number of halogens is 1. The number of nitrogens with two attached hydrogens (primary N) is 1. The van der Waals surface area contributed by atoms with Crippen molar-refractivity contribution in [2.45, 2.75) is 81.9 Å². The Kier molecular flexibility index (Phi) is 29.0. The van der Waals surface area contributed by atoms with Crippen LogP contribution in [0.2, 0.25) is 0 Å². The van der Waals surface area contributed by atoms with Crippen LogP contribution in [0.1, 0.15) is 83.2 Å². The fraction of sp³-hybridized carbons (Fsp3) is 0.367.